The Morgan fingerprint density at radius 3 is 2.44 bits per heavy atom. The summed E-state index contributed by atoms with van der Waals surface area (Å²) >= 11 is 0. The van der Waals surface area contributed by atoms with Gasteiger partial charge in [0.25, 0.3) is 5.56 Å². The SMILES string of the molecule is COc1ccc(NC(=O)Cn2c(=O)n(CCc3ccccc3)c(=O)c3ncccc32)cc1. The molecule has 162 valence electrons. The summed E-state index contributed by atoms with van der Waals surface area (Å²) < 4.78 is 7.54. The minimum absolute atomic E-state index is 0.150. The highest BCUT2D eigenvalue weighted by atomic mass is 16.5. The molecule has 2 heterocycles. The monoisotopic (exact) mass is 430 g/mol. The molecule has 8 nitrogen and oxygen atoms in total. The first kappa shape index (κ1) is 21.0. The van der Waals surface area contributed by atoms with Gasteiger partial charge in [0.05, 0.1) is 12.6 Å². The van der Waals surface area contributed by atoms with Gasteiger partial charge in [-0.3, -0.25) is 18.7 Å². The second-order valence-corrected chi connectivity index (χ2v) is 7.21. The first-order valence-corrected chi connectivity index (χ1v) is 10.1. The number of methoxy groups -OCH3 is 1. The molecular weight excluding hydrogens is 408 g/mol. The zero-order valence-corrected chi connectivity index (χ0v) is 17.5. The van der Waals surface area contributed by atoms with Crippen LogP contribution in [0.2, 0.25) is 0 Å². The Hall–Kier alpha value is -4.20. The molecule has 4 rings (SSSR count). The van der Waals surface area contributed by atoms with E-state index in [-0.39, 0.29) is 18.6 Å². The van der Waals surface area contributed by atoms with Crippen molar-refractivity contribution < 1.29 is 9.53 Å². The number of nitrogens with zero attached hydrogens (tertiary/aromatic N) is 3. The molecule has 4 aromatic rings. The van der Waals surface area contributed by atoms with Crippen molar-refractivity contribution in [3.8, 4) is 5.75 Å². The average molecular weight is 430 g/mol. The van der Waals surface area contributed by atoms with Crippen LogP contribution < -0.4 is 21.3 Å². The van der Waals surface area contributed by atoms with E-state index in [2.05, 4.69) is 10.3 Å². The number of carbonyl (C=O) groups excluding carboxylic acids is 1. The van der Waals surface area contributed by atoms with Gasteiger partial charge in [0.1, 0.15) is 12.3 Å². The van der Waals surface area contributed by atoms with Gasteiger partial charge in [0.15, 0.2) is 5.52 Å². The number of benzene rings is 2. The van der Waals surface area contributed by atoms with E-state index in [1.165, 1.54) is 10.8 Å². The van der Waals surface area contributed by atoms with E-state index in [9.17, 15) is 14.4 Å². The average Bonchev–Trinajstić information content (AvgIpc) is 2.83. The summed E-state index contributed by atoms with van der Waals surface area (Å²) in [6.07, 6.45) is 2.00. The number of anilines is 1. The second-order valence-electron chi connectivity index (χ2n) is 7.21. The minimum Gasteiger partial charge on any atom is -0.497 e. The number of pyridine rings is 1. The maximum Gasteiger partial charge on any atom is 0.332 e. The molecular formula is C24H22N4O4. The third kappa shape index (κ3) is 4.44. The molecule has 0 aliphatic rings. The number of carbonyl (C=O) groups is 1. The lowest BCUT2D eigenvalue weighted by molar-refractivity contribution is -0.116. The summed E-state index contributed by atoms with van der Waals surface area (Å²) in [6, 6.07) is 19.7. The number of aromatic nitrogens is 3. The van der Waals surface area contributed by atoms with E-state index in [0.29, 0.717) is 23.4 Å². The highest BCUT2D eigenvalue weighted by molar-refractivity contribution is 5.91. The van der Waals surface area contributed by atoms with Crippen LogP contribution in [-0.2, 0) is 24.3 Å². The fourth-order valence-electron chi connectivity index (χ4n) is 3.50. The first-order valence-electron chi connectivity index (χ1n) is 10.1. The molecule has 8 heteroatoms. The van der Waals surface area contributed by atoms with E-state index in [1.807, 2.05) is 30.3 Å². The van der Waals surface area contributed by atoms with Gasteiger partial charge >= 0.3 is 5.69 Å². The van der Waals surface area contributed by atoms with Crippen LogP contribution in [0.3, 0.4) is 0 Å². The molecule has 32 heavy (non-hydrogen) atoms. The Morgan fingerprint density at radius 2 is 1.72 bits per heavy atom. The molecule has 0 saturated heterocycles. The van der Waals surface area contributed by atoms with Crippen molar-refractivity contribution >= 4 is 22.6 Å². The van der Waals surface area contributed by atoms with Gasteiger partial charge in [-0.25, -0.2) is 9.78 Å². The summed E-state index contributed by atoms with van der Waals surface area (Å²) in [7, 11) is 1.56. The van der Waals surface area contributed by atoms with E-state index >= 15 is 0 Å². The van der Waals surface area contributed by atoms with E-state index in [4.69, 9.17) is 4.74 Å². The van der Waals surface area contributed by atoms with Crippen molar-refractivity contribution in [2.24, 2.45) is 0 Å². The summed E-state index contributed by atoms with van der Waals surface area (Å²) in [5.74, 6) is 0.275. The molecule has 0 fully saturated rings. The molecule has 1 N–H and O–H groups in total. The van der Waals surface area contributed by atoms with Crippen molar-refractivity contribution in [3.05, 3.63) is 99.3 Å². The standard InChI is InChI=1S/C24H22N4O4/c1-32-19-11-9-18(10-12-19)26-21(29)16-28-20-8-5-14-25-22(20)23(30)27(24(28)31)15-13-17-6-3-2-4-7-17/h2-12,14H,13,15-16H2,1H3,(H,26,29). The first-order chi connectivity index (χ1) is 15.6. The zero-order chi connectivity index (χ0) is 22.5. The van der Waals surface area contributed by atoms with Gasteiger partial charge in [0.2, 0.25) is 5.91 Å². The van der Waals surface area contributed by atoms with E-state index in [1.54, 1.807) is 43.5 Å². The molecule has 2 aromatic carbocycles. The summed E-state index contributed by atoms with van der Waals surface area (Å²) in [6.45, 7) is -0.0625. The van der Waals surface area contributed by atoms with Crippen LogP contribution in [0.1, 0.15) is 5.56 Å². The van der Waals surface area contributed by atoms with Crippen LogP contribution in [0.15, 0.2) is 82.5 Å². The molecule has 0 unspecified atom stereocenters. The fraction of sp³-hybridized carbons (Fsp3) is 0.167. The Morgan fingerprint density at radius 1 is 0.969 bits per heavy atom. The number of ether oxygens (including phenoxy) is 1. The summed E-state index contributed by atoms with van der Waals surface area (Å²) in [4.78, 5) is 43.0. The van der Waals surface area contributed by atoms with Crippen molar-refractivity contribution in [2.75, 3.05) is 12.4 Å². The maximum atomic E-state index is 13.2. The quantitative estimate of drug-likeness (QED) is 0.486. The Balaban J connectivity index is 1.65. The smallest absolute Gasteiger partial charge is 0.332 e. The summed E-state index contributed by atoms with van der Waals surface area (Å²) in [5.41, 5.74) is 1.04. The predicted molar refractivity (Wildman–Crippen MR) is 122 cm³/mol. The fourth-order valence-corrected chi connectivity index (χ4v) is 3.50. The lowest BCUT2D eigenvalue weighted by Gasteiger charge is -2.14. The molecule has 0 radical (unpaired) electrons. The highest BCUT2D eigenvalue weighted by Crippen LogP contribution is 2.15. The van der Waals surface area contributed by atoms with E-state index < -0.39 is 17.2 Å². The second kappa shape index (κ2) is 9.30. The topological polar surface area (TPSA) is 95.2 Å². The molecule has 0 aliphatic carbocycles. The van der Waals surface area contributed by atoms with Crippen molar-refractivity contribution in [1.82, 2.24) is 14.1 Å². The van der Waals surface area contributed by atoms with Crippen molar-refractivity contribution in [3.63, 3.8) is 0 Å². The Kier molecular flexibility index (Phi) is 6.12. The number of hydrogen-bond acceptors (Lipinski definition) is 5. The minimum atomic E-state index is -0.545. The molecule has 2 aromatic heterocycles. The number of hydrogen-bond donors (Lipinski definition) is 1. The molecule has 0 aliphatic heterocycles. The number of amides is 1. The van der Waals surface area contributed by atoms with Gasteiger partial charge in [-0.2, -0.15) is 0 Å². The molecule has 0 bridgehead atoms. The Bertz CT molecular complexity index is 1360. The molecule has 0 saturated carbocycles. The normalized spacial score (nSPS) is 10.8. The third-order valence-electron chi connectivity index (χ3n) is 5.13. The van der Waals surface area contributed by atoms with Crippen LogP contribution in [0.25, 0.3) is 11.0 Å². The maximum absolute atomic E-state index is 13.2. The van der Waals surface area contributed by atoms with Crippen LogP contribution in [0, 0.1) is 0 Å². The van der Waals surface area contributed by atoms with Crippen LogP contribution in [0.4, 0.5) is 5.69 Å². The van der Waals surface area contributed by atoms with Crippen LogP contribution in [0.5, 0.6) is 5.75 Å². The number of aryl methyl sites for hydroxylation is 1. The van der Waals surface area contributed by atoms with Crippen molar-refractivity contribution in [2.45, 2.75) is 19.5 Å². The van der Waals surface area contributed by atoms with Gasteiger partial charge in [-0.1, -0.05) is 30.3 Å². The molecule has 1 amide bonds. The van der Waals surface area contributed by atoms with E-state index in [0.717, 1.165) is 10.1 Å². The largest absolute Gasteiger partial charge is 0.497 e. The number of nitrogens with one attached hydrogen (secondary N) is 1. The molecule has 0 atom stereocenters. The molecule has 0 spiro atoms. The van der Waals surface area contributed by atoms with Gasteiger partial charge in [0, 0.05) is 18.4 Å². The predicted octanol–water partition coefficient (Wildman–Crippen LogP) is 2.45. The lowest BCUT2D eigenvalue weighted by Crippen LogP contribution is -2.42. The zero-order valence-electron chi connectivity index (χ0n) is 17.5. The van der Waals surface area contributed by atoms with Crippen molar-refractivity contribution in [1.29, 1.82) is 0 Å². The lowest BCUT2D eigenvalue weighted by atomic mass is 10.1. The summed E-state index contributed by atoms with van der Waals surface area (Å²) in [5, 5.41) is 2.76. The van der Waals surface area contributed by atoms with Gasteiger partial charge < -0.3 is 10.1 Å². The number of fused-ring (bicyclic) bond motifs is 1. The third-order valence-corrected chi connectivity index (χ3v) is 5.13. The Labute approximate surface area is 183 Å². The van der Waals surface area contributed by atoms with Gasteiger partial charge in [-0.15, -0.1) is 0 Å². The highest BCUT2D eigenvalue weighted by Gasteiger charge is 2.16. The van der Waals surface area contributed by atoms with Gasteiger partial charge in [-0.05, 0) is 48.4 Å². The van der Waals surface area contributed by atoms with Crippen LogP contribution >= 0.6 is 0 Å². The number of rotatable bonds is 7. The van der Waals surface area contributed by atoms with Crippen LogP contribution in [-0.4, -0.2) is 27.1 Å².